The summed E-state index contributed by atoms with van der Waals surface area (Å²) in [5.41, 5.74) is 1.44. The van der Waals surface area contributed by atoms with Gasteiger partial charge in [-0.1, -0.05) is 24.3 Å². The van der Waals surface area contributed by atoms with Gasteiger partial charge in [0.15, 0.2) is 0 Å². The van der Waals surface area contributed by atoms with Gasteiger partial charge in [0.1, 0.15) is 11.2 Å². The molecule has 0 saturated carbocycles. The van der Waals surface area contributed by atoms with Crippen molar-refractivity contribution in [3.05, 3.63) is 47.6 Å². The van der Waals surface area contributed by atoms with Crippen molar-refractivity contribution in [1.82, 2.24) is 0 Å². The Morgan fingerprint density at radius 3 is 1.59 bits per heavy atom. The Hall–Kier alpha value is -0.540. The maximum absolute atomic E-state index is 6.11. The Labute approximate surface area is 143 Å². The summed E-state index contributed by atoms with van der Waals surface area (Å²) in [5, 5.41) is 0. The highest BCUT2D eigenvalue weighted by Crippen LogP contribution is 2.42. The monoisotopic (exact) mass is 342 g/mol. The first kappa shape index (κ1) is 17.8. The molecule has 0 amide bonds. The zero-order valence-corrected chi connectivity index (χ0v) is 14.8. The molecule has 0 N–H and O–H groups in total. The van der Waals surface area contributed by atoms with E-state index in [0.717, 1.165) is 24.0 Å². The molecule has 0 bridgehead atoms. The zero-order valence-electron chi connectivity index (χ0n) is 13.3. The van der Waals surface area contributed by atoms with E-state index >= 15 is 0 Å². The van der Waals surface area contributed by atoms with E-state index in [0.29, 0.717) is 25.0 Å². The van der Waals surface area contributed by atoms with Crippen molar-refractivity contribution < 1.29 is 9.47 Å². The van der Waals surface area contributed by atoms with Crippen LogP contribution in [0, 0.1) is 0 Å². The van der Waals surface area contributed by atoms with Crippen molar-refractivity contribution in [2.45, 2.75) is 37.9 Å². The van der Waals surface area contributed by atoms with Gasteiger partial charge in [0.25, 0.3) is 0 Å². The van der Waals surface area contributed by atoms with E-state index in [1.54, 1.807) is 0 Å². The van der Waals surface area contributed by atoms with E-state index in [9.17, 15) is 0 Å². The fourth-order valence-corrected chi connectivity index (χ4v) is 3.03. The molecule has 0 aromatic heterocycles. The number of hydrogen-bond acceptors (Lipinski definition) is 2. The van der Waals surface area contributed by atoms with E-state index in [1.807, 2.05) is 0 Å². The molecule has 0 heterocycles. The Kier molecular flexibility index (Phi) is 6.34. The molecule has 0 spiro atoms. The standard InChI is InChI=1S/C18H24Cl2O2/c1-17(21-13-5-11-19)9-3-8-16-15(17)7-4-10-18(16,2)22-14-6-12-20/h3-4,7-10H,5-6,11-14H2,1-2H3. The normalized spacial score (nSPS) is 30.0. The number of rotatable bonds is 8. The van der Waals surface area contributed by atoms with Crippen molar-refractivity contribution in [3.8, 4) is 0 Å². The third kappa shape index (κ3) is 3.86. The minimum atomic E-state index is -0.433. The van der Waals surface area contributed by atoms with E-state index in [4.69, 9.17) is 32.7 Å². The van der Waals surface area contributed by atoms with Crippen molar-refractivity contribution in [3.63, 3.8) is 0 Å². The predicted molar refractivity (Wildman–Crippen MR) is 93.8 cm³/mol. The van der Waals surface area contributed by atoms with Crippen LogP contribution in [0.2, 0.25) is 0 Å². The first-order valence-electron chi connectivity index (χ1n) is 7.76. The molecule has 122 valence electrons. The molecule has 0 aromatic carbocycles. The van der Waals surface area contributed by atoms with Crippen LogP contribution >= 0.6 is 23.2 Å². The van der Waals surface area contributed by atoms with Crippen LogP contribution in [0.3, 0.4) is 0 Å². The smallest absolute Gasteiger partial charge is 0.109 e. The summed E-state index contributed by atoms with van der Waals surface area (Å²) in [4.78, 5) is 0. The van der Waals surface area contributed by atoms with Gasteiger partial charge in [-0.2, -0.15) is 0 Å². The SMILES string of the molecule is CC1(OCCCCl)C=CC=C2C1=CC=CC2(C)OCCCCl. The maximum atomic E-state index is 6.11. The van der Waals surface area contributed by atoms with Gasteiger partial charge in [0.2, 0.25) is 0 Å². The van der Waals surface area contributed by atoms with E-state index < -0.39 is 11.2 Å². The van der Waals surface area contributed by atoms with Crippen molar-refractivity contribution >= 4 is 23.2 Å². The van der Waals surface area contributed by atoms with Gasteiger partial charge < -0.3 is 9.47 Å². The van der Waals surface area contributed by atoms with Crippen LogP contribution < -0.4 is 0 Å². The molecule has 2 atom stereocenters. The van der Waals surface area contributed by atoms with Crippen LogP contribution in [0.15, 0.2) is 47.6 Å². The zero-order chi connectivity index (χ0) is 16.1. The summed E-state index contributed by atoms with van der Waals surface area (Å²) < 4.78 is 12.2. The second kappa shape index (κ2) is 7.83. The van der Waals surface area contributed by atoms with Crippen LogP contribution in [-0.2, 0) is 9.47 Å². The molecule has 0 aromatic rings. The summed E-state index contributed by atoms with van der Waals surface area (Å²) in [6.45, 7) is 5.47. The van der Waals surface area contributed by atoms with Gasteiger partial charge in [0, 0.05) is 25.0 Å². The summed E-state index contributed by atoms with van der Waals surface area (Å²) >= 11 is 11.5. The van der Waals surface area contributed by atoms with Gasteiger partial charge >= 0.3 is 0 Å². The van der Waals surface area contributed by atoms with E-state index in [1.165, 1.54) is 0 Å². The van der Waals surface area contributed by atoms with Crippen molar-refractivity contribution in [2.75, 3.05) is 25.0 Å². The summed E-state index contributed by atoms with van der Waals surface area (Å²) in [5.74, 6) is 1.22. The lowest BCUT2D eigenvalue weighted by atomic mass is 9.75. The molecular weight excluding hydrogens is 319 g/mol. The average Bonchev–Trinajstić information content (AvgIpc) is 2.49. The summed E-state index contributed by atoms with van der Waals surface area (Å²) in [7, 11) is 0. The highest BCUT2D eigenvalue weighted by Gasteiger charge is 2.40. The minimum Gasteiger partial charge on any atom is -0.366 e. The fraction of sp³-hybridized carbons (Fsp3) is 0.556. The number of allylic oxidation sites excluding steroid dienone is 4. The molecular formula is C18H24Cl2O2. The van der Waals surface area contributed by atoms with Crippen LogP contribution in [0.25, 0.3) is 0 Å². The van der Waals surface area contributed by atoms with Crippen LogP contribution in [0.4, 0.5) is 0 Å². The van der Waals surface area contributed by atoms with Gasteiger partial charge in [-0.3, -0.25) is 0 Å². The molecule has 2 aliphatic rings. The molecule has 2 rings (SSSR count). The van der Waals surface area contributed by atoms with Crippen LogP contribution in [-0.4, -0.2) is 36.2 Å². The molecule has 2 nitrogen and oxygen atoms in total. The van der Waals surface area contributed by atoms with Gasteiger partial charge in [-0.15, -0.1) is 23.2 Å². The molecule has 0 aliphatic heterocycles. The molecule has 2 aliphatic carbocycles. The van der Waals surface area contributed by atoms with Crippen molar-refractivity contribution in [1.29, 1.82) is 0 Å². The largest absolute Gasteiger partial charge is 0.366 e. The number of fused-ring (bicyclic) bond motifs is 1. The average molecular weight is 343 g/mol. The Bertz CT molecular complexity index is 461. The number of ether oxygens (including phenoxy) is 2. The third-order valence-corrected chi connectivity index (χ3v) is 4.61. The van der Waals surface area contributed by atoms with Crippen molar-refractivity contribution in [2.24, 2.45) is 0 Å². The van der Waals surface area contributed by atoms with E-state index in [-0.39, 0.29) is 0 Å². The maximum Gasteiger partial charge on any atom is 0.109 e. The first-order valence-corrected chi connectivity index (χ1v) is 8.83. The second-order valence-electron chi connectivity index (χ2n) is 5.88. The lowest BCUT2D eigenvalue weighted by Gasteiger charge is -2.41. The minimum absolute atomic E-state index is 0.433. The van der Waals surface area contributed by atoms with E-state index in [2.05, 4.69) is 50.3 Å². The molecule has 22 heavy (non-hydrogen) atoms. The Morgan fingerprint density at radius 2 is 1.23 bits per heavy atom. The molecule has 2 unspecified atom stereocenters. The van der Waals surface area contributed by atoms with Crippen LogP contribution in [0.5, 0.6) is 0 Å². The summed E-state index contributed by atoms with van der Waals surface area (Å²) in [6.07, 6.45) is 14.2. The molecule has 0 fully saturated rings. The first-order chi connectivity index (χ1) is 10.6. The van der Waals surface area contributed by atoms with Gasteiger partial charge in [-0.25, -0.2) is 0 Å². The molecule has 0 radical (unpaired) electrons. The summed E-state index contributed by atoms with van der Waals surface area (Å²) in [6, 6.07) is 0. The lowest BCUT2D eigenvalue weighted by Crippen LogP contribution is -2.41. The predicted octanol–water partition coefficient (Wildman–Crippen LogP) is 4.79. The van der Waals surface area contributed by atoms with Gasteiger partial charge in [0.05, 0.1) is 0 Å². The second-order valence-corrected chi connectivity index (χ2v) is 6.63. The Morgan fingerprint density at radius 1 is 0.818 bits per heavy atom. The topological polar surface area (TPSA) is 18.5 Å². The molecule has 4 heteroatoms. The number of halogens is 2. The van der Waals surface area contributed by atoms with Gasteiger partial charge in [-0.05, 0) is 50.0 Å². The lowest BCUT2D eigenvalue weighted by molar-refractivity contribution is 0.0123. The third-order valence-electron chi connectivity index (χ3n) is 4.07. The highest BCUT2D eigenvalue weighted by molar-refractivity contribution is 6.18. The quantitative estimate of drug-likeness (QED) is 0.466. The number of alkyl halides is 2. The Balaban J connectivity index is 2.17. The highest BCUT2D eigenvalue weighted by atomic mass is 35.5. The number of hydrogen-bond donors (Lipinski definition) is 0. The van der Waals surface area contributed by atoms with Crippen LogP contribution in [0.1, 0.15) is 26.7 Å². The molecule has 0 saturated heterocycles. The fourth-order valence-electron chi connectivity index (χ4n) is 2.81.